The van der Waals surface area contributed by atoms with E-state index in [4.69, 9.17) is 14.6 Å². The second-order valence-corrected chi connectivity index (χ2v) is 5.55. The van der Waals surface area contributed by atoms with E-state index in [1.54, 1.807) is 26.2 Å². The van der Waals surface area contributed by atoms with Crippen molar-refractivity contribution in [3.8, 4) is 5.75 Å². The predicted molar refractivity (Wildman–Crippen MR) is 69.2 cm³/mol. The van der Waals surface area contributed by atoms with Crippen molar-refractivity contribution >= 4 is 10.0 Å². The Hall–Kier alpha value is -1.11. The SMILES string of the molecule is COCCCCOc1ccc(S(N)(=O)=O)c(C)c1. The fraction of sp³-hybridized carbons (Fsp3) is 0.500. The smallest absolute Gasteiger partial charge is 0.238 e. The lowest BCUT2D eigenvalue weighted by Gasteiger charge is -2.09. The van der Waals surface area contributed by atoms with Crippen molar-refractivity contribution in [2.24, 2.45) is 5.14 Å². The average molecular weight is 273 g/mol. The van der Waals surface area contributed by atoms with E-state index in [2.05, 4.69) is 0 Å². The standard InChI is InChI=1S/C12H19NO4S/c1-10-9-11(17-8-4-3-7-16-2)5-6-12(10)18(13,14)15/h5-6,9H,3-4,7-8H2,1-2H3,(H2,13,14,15). The van der Waals surface area contributed by atoms with E-state index in [9.17, 15) is 8.42 Å². The molecule has 102 valence electrons. The molecule has 1 aromatic rings. The van der Waals surface area contributed by atoms with Crippen LogP contribution in [0.15, 0.2) is 23.1 Å². The summed E-state index contributed by atoms with van der Waals surface area (Å²) in [7, 11) is -1.99. The molecule has 0 saturated carbocycles. The third-order valence-corrected chi connectivity index (χ3v) is 3.54. The summed E-state index contributed by atoms with van der Waals surface area (Å²) in [6, 6.07) is 4.76. The van der Waals surface area contributed by atoms with E-state index < -0.39 is 10.0 Å². The van der Waals surface area contributed by atoms with Gasteiger partial charge in [0.1, 0.15) is 5.75 Å². The fourth-order valence-electron chi connectivity index (χ4n) is 1.57. The maximum Gasteiger partial charge on any atom is 0.238 e. The maximum absolute atomic E-state index is 11.2. The molecule has 0 aliphatic rings. The van der Waals surface area contributed by atoms with Gasteiger partial charge in [-0.15, -0.1) is 0 Å². The summed E-state index contributed by atoms with van der Waals surface area (Å²) in [5.41, 5.74) is 0.590. The Morgan fingerprint density at radius 2 is 1.89 bits per heavy atom. The van der Waals surface area contributed by atoms with Gasteiger partial charge in [-0.1, -0.05) is 0 Å². The minimum Gasteiger partial charge on any atom is -0.494 e. The molecule has 0 radical (unpaired) electrons. The summed E-state index contributed by atoms with van der Waals surface area (Å²) in [5.74, 6) is 0.650. The van der Waals surface area contributed by atoms with Crippen molar-refractivity contribution < 1.29 is 17.9 Å². The molecular formula is C12H19NO4S. The Balaban J connectivity index is 2.57. The Kier molecular flexibility index (Phi) is 5.58. The van der Waals surface area contributed by atoms with Crippen molar-refractivity contribution in [1.82, 2.24) is 0 Å². The lowest BCUT2D eigenvalue weighted by atomic mass is 10.2. The molecule has 1 aromatic carbocycles. The van der Waals surface area contributed by atoms with Crippen LogP contribution in [0.25, 0.3) is 0 Å². The zero-order valence-corrected chi connectivity index (χ0v) is 11.5. The number of nitrogens with two attached hydrogens (primary N) is 1. The first-order valence-corrected chi connectivity index (χ1v) is 7.25. The van der Waals surface area contributed by atoms with Gasteiger partial charge in [-0.25, -0.2) is 13.6 Å². The lowest BCUT2D eigenvalue weighted by molar-refractivity contribution is 0.184. The third-order valence-electron chi connectivity index (χ3n) is 2.46. The molecule has 0 amide bonds. The number of benzene rings is 1. The molecule has 0 aliphatic carbocycles. The van der Waals surface area contributed by atoms with Gasteiger partial charge in [-0.3, -0.25) is 0 Å². The van der Waals surface area contributed by atoms with Gasteiger partial charge in [0.15, 0.2) is 0 Å². The largest absolute Gasteiger partial charge is 0.494 e. The van der Waals surface area contributed by atoms with Crippen LogP contribution in [0, 0.1) is 6.92 Å². The molecule has 0 unspecified atom stereocenters. The number of hydrogen-bond acceptors (Lipinski definition) is 4. The molecule has 0 spiro atoms. The molecule has 0 aromatic heterocycles. The van der Waals surface area contributed by atoms with E-state index in [0.29, 0.717) is 24.5 Å². The number of unbranched alkanes of at least 4 members (excludes halogenated alkanes) is 1. The first-order chi connectivity index (χ1) is 8.45. The number of ether oxygens (including phenoxy) is 2. The molecule has 0 fully saturated rings. The Morgan fingerprint density at radius 1 is 1.22 bits per heavy atom. The second kappa shape index (κ2) is 6.72. The first kappa shape index (κ1) is 14.9. The molecule has 5 nitrogen and oxygen atoms in total. The normalized spacial score (nSPS) is 11.5. The van der Waals surface area contributed by atoms with E-state index in [-0.39, 0.29) is 4.90 Å². The maximum atomic E-state index is 11.2. The van der Waals surface area contributed by atoms with Crippen LogP contribution < -0.4 is 9.88 Å². The summed E-state index contributed by atoms with van der Waals surface area (Å²) >= 11 is 0. The van der Waals surface area contributed by atoms with Crippen LogP contribution in [-0.4, -0.2) is 28.7 Å². The minimum atomic E-state index is -3.65. The highest BCUT2D eigenvalue weighted by atomic mass is 32.2. The number of rotatable bonds is 7. The van der Waals surface area contributed by atoms with Crippen LogP contribution >= 0.6 is 0 Å². The van der Waals surface area contributed by atoms with Crippen LogP contribution in [0.1, 0.15) is 18.4 Å². The summed E-state index contributed by atoms with van der Waals surface area (Å²) in [5, 5.41) is 5.08. The van der Waals surface area contributed by atoms with E-state index in [1.165, 1.54) is 6.07 Å². The monoisotopic (exact) mass is 273 g/mol. The zero-order chi connectivity index (χ0) is 13.6. The van der Waals surface area contributed by atoms with E-state index >= 15 is 0 Å². The lowest BCUT2D eigenvalue weighted by Crippen LogP contribution is -2.13. The molecule has 0 bridgehead atoms. The number of aryl methyl sites for hydroxylation is 1. The number of sulfonamides is 1. The number of hydrogen-bond donors (Lipinski definition) is 1. The predicted octanol–water partition coefficient (Wildman–Crippen LogP) is 1.45. The molecule has 0 heterocycles. The molecule has 0 atom stereocenters. The highest BCUT2D eigenvalue weighted by Crippen LogP contribution is 2.20. The van der Waals surface area contributed by atoms with Crippen LogP contribution in [0.3, 0.4) is 0 Å². The highest BCUT2D eigenvalue weighted by molar-refractivity contribution is 7.89. The average Bonchev–Trinajstić information content (AvgIpc) is 2.27. The van der Waals surface area contributed by atoms with E-state index in [0.717, 1.165) is 12.8 Å². The number of methoxy groups -OCH3 is 1. The molecular weight excluding hydrogens is 254 g/mol. The first-order valence-electron chi connectivity index (χ1n) is 5.70. The van der Waals surface area contributed by atoms with Gasteiger partial charge in [0, 0.05) is 13.7 Å². The van der Waals surface area contributed by atoms with Gasteiger partial charge < -0.3 is 9.47 Å². The zero-order valence-electron chi connectivity index (χ0n) is 10.7. The summed E-state index contributed by atoms with van der Waals surface area (Å²) in [6.07, 6.45) is 1.83. The van der Waals surface area contributed by atoms with Gasteiger partial charge in [0.25, 0.3) is 0 Å². The highest BCUT2D eigenvalue weighted by Gasteiger charge is 2.11. The fourth-order valence-corrected chi connectivity index (χ4v) is 2.33. The molecule has 1 rings (SSSR count). The van der Waals surface area contributed by atoms with E-state index in [1.807, 2.05) is 0 Å². The van der Waals surface area contributed by atoms with Crippen molar-refractivity contribution in [3.63, 3.8) is 0 Å². The van der Waals surface area contributed by atoms with Gasteiger partial charge in [0.2, 0.25) is 10.0 Å². The summed E-state index contributed by atoms with van der Waals surface area (Å²) < 4.78 is 32.9. The van der Waals surface area contributed by atoms with Crippen molar-refractivity contribution in [2.45, 2.75) is 24.7 Å². The van der Waals surface area contributed by atoms with Crippen LogP contribution in [-0.2, 0) is 14.8 Å². The Morgan fingerprint density at radius 3 is 2.44 bits per heavy atom. The van der Waals surface area contributed by atoms with Gasteiger partial charge in [-0.05, 0) is 43.5 Å². The summed E-state index contributed by atoms with van der Waals surface area (Å²) in [4.78, 5) is 0.134. The van der Waals surface area contributed by atoms with Gasteiger partial charge in [-0.2, -0.15) is 0 Å². The molecule has 2 N–H and O–H groups in total. The van der Waals surface area contributed by atoms with Crippen LogP contribution in [0.4, 0.5) is 0 Å². The molecule has 6 heteroatoms. The third kappa shape index (κ3) is 4.64. The summed E-state index contributed by atoms with van der Waals surface area (Å²) in [6.45, 7) is 2.99. The Labute approximate surface area is 108 Å². The van der Waals surface area contributed by atoms with Crippen LogP contribution in [0.5, 0.6) is 5.75 Å². The second-order valence-electron chi connectivity index (χ2n) is 4.02. The minimum absolute atomic E-state index is 0.134. The molecule has 0 aliphatic heterocycles. The quantitative estimate of drug-likeness (QED) is 0.763. The van der Waals surface area contributed by atoms with Crippen molar-refractivity contribution in [2.75, 3.05) is 20.3 Å². The van der Waals surface area contributed by atoms with Gasteiger partial charge in [0.05, 0.1) is 11.5 Å². The topological polar surface area (TPSA) is 78.6 Å². The Bertz CT molecular complexity index is 485. The molecule has 0 saturated heterocycles. The van der Waals surface area contributed by atoms with Gasteiger partial charge >= 0.3 is 0 Å². The van der Waals surface area contributed by atoms with Crippen molar-refractivity contribution in [3.05, 3.63) is 23.8 Å². The van der Waals surface area contributed by atoms with Crippen molar-refractivity contribution in [1.29, 1.82) is 0 Å². The van der Waals surface area contributed by atoms with Crippen LogP contribution in [0.2, 0.25) is 0 Å². The number of primary sulfonamides is 1. The molecule has 18 heavy (non-hydrogen) atoms.